The van der Waals surface area contributed by atoms with Gasteiger partial charge < -0.3 is 10.5 Å². The predicted molar refractivity (Wildman–Crippen MR) is 106 cm³/mol. The van der Waals surface area contributed by atoms with Gasteiger partial charge in [0.15, 0.2) is 5.65 Å². The van der Waals surface area contributed by atoms with Gasteiger partial charge in [-0.05, 0) is 53.6 Å². The third-order valence-corrected chi connectivity index (χ3v) is 4.41. The number of nitrogens with zero attached hydrogens (tertiary/aromatic N) is 3. The van der Waals surface area contributed by atoms with Crippen molar-refractivity contribution in [1.29, 1.82) is 0 Å². The molecular formula is C19H12Cl2N4O2. The van der Waals surface area contributed by atoms with E-state index >= 15 is 0 Å². The minimum absolute atomic E-state index is 0.130. The number of aromatic nitrogens is 3. The molecule has 0 bridgehead atoms. The third kappa shape index (κ3) is 3.45. The Morgan fingerprint density at radius 2 is 1.67 bits per heavy atom. The van der Waals surface area contributed by atoms with Crippen molar-refractivity contribution in [3.8, 4) is 11.1 Å². The molecule has 2 N–H and O–H groups in total. The highest BCUT2D eigenvalue weighted by atomic mass is 35.5. The van der Waals surface area contributed by atoms with Crippen LogP contribution in [0.25, 0.3) is 22.2 Å². The standard InChI is InChI=1S/C19H12Cl2N4O2/c20-13-8-12(9-14(21)10-13)11-3-5-15(6-4-11)23-17-16-2-1-7-22-18(16)25(27)19(26)24-17/h1-10,27H,(H,23,24,26). The molecule has 0 atom stereocenters. The molecule has 4 rings (SSSR count). The molecule has 0 aliphatic carbocycles. The topological polar surface area (TPSA) is 80.0 Å². The molecular weight excluding hydrogens is 387 g/mol. The van der Waals surface area contributed by atoms with Gasteiger partial charge in [0.2, 0.25) is 0 Å². The van der Waals surface area contributed by atoms with Crippen molar-refractivity contribution < 1.29 is 5.21 Å². The van der Waals surface area contributed by atoms with Gasteiger partial charge in [-0.2, -0.15) is 4.98 Å². The van der Waals surface area contributed by atoms with E-state index < -0.39 is 5.69 Å². The van der Waals surface area contributed by atoms with Crippen molar-refractivity contribution in [2.45, 2.75) is 0 Å². The second-order valence-corrected chi connectivity index (χ2v) is 6.66. The number of benzene rings is 2. The van der Waals surface area contributed by atoms with Crippen molar-refractivity contribution in [2.24, 2.45) is 0 Å². The molecule has 8 heteroatoms. The highest BCUT2D eigenvalue weighted by molar-refractivity contribution is 6.35. The molecule has 2 aromatic carbocycles. The summed E-state index contributed by atoms with van der Waals surface area (Å²) < 4.78 is 0.423. The SMILES string of the molecule is O=c1nc(Nc2ccc(-c3cc(Cl)cc(Cl)c3)cc2)c2cccnc2n1O. The van der Waals surface area contributed by atoms with Gasteiger partial charge in [0, 0.05) is 21.9 Å². The molecule has 0 saturated carbocycles. The first-order valence-electron chi connectivity index (χ1n) is 7.92. The molecule has 0 aliphatic rings. The lowest BCUT2D eigenvalue weighted by atomic mass is 10.1. The van der Waals surface area contributed by atoms with E-state index in [1.165, 1.54) is 6.20 Å². The Balaban J connectivity index is 1.69. The summed E-state index contributed by atoms with van der Waals surface area (Å²) in [6.45, 7) is 0. The van der Waals surface area contributed by atoms with Crippen molar-refractivity contribution in [3.05, 3.63) is 81.3 Å². The van der Waals surface area contributed by atoms with Gasteiger partial charge >= 0.3 is 5.69 Å². The van der Waals surface area contributed by atoms with E-state index in [1.807, 2.05) is 36.4 Å². The van der Waals surface area contributed by atoms with Crippen LogP contribution in [0.1, 0.15) is 0 Å². The minimum Gasteiger partial charge on any atom is -0.422 e. The van der Waals surface area contributed by atoms with Crippen LogP contribution in [-0.2, 0) is 0 Å². The molecule has 0 saturated heterocycles. The van der Waals surface area contributed by atoms with E-state index in [0.29, 0.717) is 26.0 Å². The lowest BCUT2D eigenvalue weighted by molar-refractivity contribution is 0.182. The lowest BCUT2D eigenvalue weighted by Gasteiger charge is -2.10. The second kappa shape index (κ2) is 6.90. The molecule has 0 unspecified atom stereocenters. The van der Waals surface area contributed by atoms with Crippen molar-refractivity contribution in [1.82, 2.24) is 14.7 Å². The van der Waals surface area contributed by atoms with Crippen LogP contribution in [-0.4, -0.2) is 19.9 Å². The number of fused-ring (bicyclic) bond motifs is 1. The summed E-state index contributed by atoms with van der Waals surface area (Å²) in [5, 5.41) is 14.5. The fourth-order valence-electron chi connectivity index (χ4n) is 2.74. The fraction of sp³-hybridized carbons (Fsp3) is 0. The predicted octanol–water partition coefficient (Wildman–Crippen LogP) is 4.75. The first-order valence-corrected chi connectivity index (χ1v) is 8.67. The largest absolute Gasteiger partial charge is 0.422 e. The van der Waals surface area contributed by atoms with Gasteiger partial charge in [0.05, 0.1) is 5.39 Å². The first-order chi connectivity index (χ1) is 13.0. The van der Waals surface area contributed by atoms with Crippen LogP contribution in [0.15, 0.2) is 65.6 Å². The first kappa shape index (κ1) is 17.3. The summed E-state index contributed by atoms with van der Waals surface area (Å²) in [6.07, 6.45) is 1.49. The number of hydrogen-bond acceptors (Lipinski definition) is 5. The zero-order chi connectivity index (χ0) is 19.0. The van der Waals surface area contributed by atoms with E-state index in [-0.39, 0.29) is 5.65 Å². The van der Waals surface area contributed by atoms with Gasteiger partial charge in [-0.25, -0.2) is 9.78 Å². The Labute approximate surface area is 163 Å². The van der Waals surface area contributed by atoms with E-state index in [0.717, 1.165) is 16.8 Å². The number of halogens is 2. The number of anilines is 2. The fourth-order valence-corrected chi connectivity index (χ4v) is 3.27. The summed E-state index contributed by atoms with van der Waals surface area (Å²) in [5.74, 6) is 0.312. The molecule has 0 spiro atoms. The summed E-state index contributed by atoms with van der Waals surface area (Å²) in [5.41, 5.74) is 1.88. The quantitative estimate of drug-likeness (QED) is 0.486. The summed E-state index contributed by atoms with van der Waals surface area (Å²) >= 11 is 12.1. The van der Waals surface area contributed by atoms with Crippen molar-refractivity contribution in [2.75, 3.05) is 5.32 Å². The summed E-state index contributed by atoms with van der Waals surface area (Å²) in [7, 11) is 0. The highest BCUT2D eigenvalue weighted by Gasteiger charge is 2.11. The highest BCUT2D eigenvalue weighted by Crippen LogP contribution is 2.29. The smallest absolute Gasteiger partial charge is 0.384 e. The molecule has 4 aromatic rings. The Hall–Kier alpha value is -3.09. The van der Waals surface area contributed by atoms with Gasteiger partial charge in [0.25, 0.3) is 0 Å². The molecule has 2 heterocycles. The summed E-state index contributed by atoms with van der Waals surface area (Å²) in [4.78, 5) is 19.7. The Morgan fingerprint density at radius 3 is 2.37 bits per heavy atom. The number of rotatable bonds is 3. The molecule has 27 heavy (non-hydrogen) atoms. The van der Waals surface area contributed by atoms with E-state index in [4.69, 9.17) is 23.2 Å². The maximum Gasteiger partial charge on any atom is 0.384 e. The Kier molecular flexibility index (Phi) is 4.43. The zero-order valence-electron chi connectivity index (χ0n) is 13.7. The maximum absolute atomic E-state index is 11.8. The van der Waals surface area contributed by atoms with Crippen LogP contribution in [0, 0.1) is 0 Å². The van der Waals surface area contributed by atoms with Crippen LogP contribution in [0.3, 0.4) is 0 Å². The van der Waals surface area contributed by atoms with Crippen LogP contribution in [0.5, 0.6) is 0 Å². The van der Waals surface area contributed by atoms with Gasteiger partial charge in [-0.1, -0.05) is 35.3 Å². The van der Waals surface area contributed by atoms with Crippen LogP contribution in [0.2, 0.25) is 10.0 Å². The number of hydrogen-bond donors (Lipinski definition) is 2. The molecule has 0 radical (unpaired) electrons. The van der Waals surface area contributed by atoms with E-state index in [9.17, 15) is 10.0 Å². The van der Waals surface area contributed by atoms with E-state index in [1.54, 1.807) is 18.2 Å². The molecule has 0 amide bonds. The third-order valence-electron chi connectivity index (χ3n) is 3.97. The molecule has 2 aromatic heterocycles. The van der Waals surface area contributed by atoms with Crippen molar-refractivity contribution in [3.63, 3.8) is 0 Å². The van der Waals surface area contributed by atoms with Crippen LogP contribution >= 0.6 is 23.2 Å². The maximum atomic E-state index is 11.8. The lowest BCUT2D eigenvalue weighted by Crippen LogP contribution is -2.23. The average Bonchev–Trinajstić information content (AvgIpc) is 2.66. The summed E-state index contributed by atoms with van der Waals surface area (Å²) in [6, 6.07) is 16.2. The Bertz CT molecular complexity index is 1190. The van der Waals surface area contributed by atoms with Crippen LogP contribution < -0.4 is 11.0 Å². The molecule has 134 valence electrons. The molecule has 6 nitrogen and oxygen atoms in total. The molecule has 0 aliphatic heterocycles. The zero-order valence-corrected chi connectivity index (χ0v) is 15.2. The number of pyridine rings is 1. The normalized spacial score (nSPS) is 10.9. The Morgan fingerprint density at radius 1 is 0.963 bits per heavy atom. The van der Waals surface area contributed by atoms with E-state index in [2.05, 4.69) is 15.3 Å². The van der Waals surface area contributed by atoms with Gasteiger partial charge in [0.1, 0.15) is 5.82 Å². The molecule has 0 fully saturated rings. The minimum atomic E-state index is -0.811. The van der Waals surface area contributed by atoms with Crippen LogP contribution in [0.4, 0.5) is 11.5 Å². The van der Waals surface area contributed by atoms with Gasteiger partial charge in [-0.3, -0.25) is 0 Å². The monoisotopic (exact) mass is 398 g/mol. The number of nitrogens with one attached hydrogen (secondary N) is 1. The van der Waals surface area contributed by atoms with Crippen molar-refractivity contribution >= 4 is 45.7 Å². The average molecular weight is 399 g/mol. The van der Waals surface area contributed by atoms with Gasteiger partial charge in [-0.15, -0.1) is 4.73 Å². The second-order valence-electron chi connectivity index (χ2n) is 5.79.